The fraction of sp³-hybridized carbons (Fsp3) is 0.182. The number of sulfonamides is 1. The molecule has 3 aromatic carbocycles. The van der Waals surface area contributed by atoms with Crippen LogP contribution < -0.4 is 9.04 Å². The molecule has 30 heavy (non-hydrogen) atoms. The van der Waals surface area contributed by atoms with E-state index in [2.05, 4.69) is 0 Å². The lowest BCUT2D eigenvalue weighted by Crippen LogP contribution is -2.33. The van der Waals surface area contributed by atoms with E-state index in [0.29, 0.717) is 11.4 Å². The van der Waals surface area contributed by atoms with Crippen LogP contribution in [0.3, 0.4) is 0 Å². The number of aryl methyl sites for hydroxylation is 1. The Bertz CT molecular complexity index is 1160. The summed E-state index contributed by atoms with van der Waals surface area (Å²) in [6.07, 6.45) is 0. The van der Waals surface area contributed by atoms with Gasteiger partial charge in [-0.15, -0.1) is 0 Å². The van der Waals surface area contributed by atoms with Crippen molar-refractivity contribution in [1.29, 1.82) is 0 Å². The van der Waals surface area contributed by atoms with Gasteiger partial charge >= 0.3 is 0 Å². The Morgan fingerprint density at radius 3 is 2.27 bits per heavy atom. The van der Waals surface area contributed by atoms with Crippen molar-refractivity contribution in [2.75, 3.05) is 11.4 Å². The first-order valence-corrected chi connectivity index (χ1v) is 10.7. The number of hydrogen-bond donors (Lipinski definition) is 0. The molecule has 0 bridgehead atoms. The summed E-state index contributed by atoms with van der Waals surface area (Å²) in [6.45, 7) is 3.68. The second kappa shape index (κ2) is 8.54. The number of methoxy groups -OCH3 is 1. The molecule has 0 unspecified atom stereocenters. The number of anilines is 1. The van der Waals surface area contributed by atoms with E-state index in [1.54, 1.807) is 50.4 Å². The summed E-state index contributed by atoms with van der Waals surface area (Å²) in [7, 11) is -2.46. The Balaban J connectivity index is 2.14. The fourth-order valence-electron chi connectivity index (χ4n) is 3.23. The first-order chi connectivity index (χ1) is 14.2. The zero-order valence-electron chi connectivity index (χ0n) is 16.8. The summed E-state index contributed by atoms with van der Waals surface area (Å²) >= 11 is 0. The zero-order valence-corrected chi connectivity index (χ0v) is 17.7. The van der Waals surface area contributed by atoms with Crippen molar-refractivity contribution in [3.05, 3.63) is 94.0 Å². The molecule has 0 radical (unpaired) electrons. The highest BCUT2D eigenvalue weighted by molar-refractivity contribution is 7.92. The minimum Gasteiger partial charge on any atom is -0.497 e. The van der Waals surface area contributed by atoms with Gasteiger partial charge in [0.25, 0.3) is 15.7 Å². The van der Waals surface area contributed by atoms with E-state index in [4.69, 9.17) is 4.74 Å². The Kier molecular flexibility index (Phi) is 6.07. The third kappa shape index (κ3) is 4.28. The van der Waals surface area contributed by atoms with Crippen LogP contribution in [0.1, 0.15) is 24.1 Å². The van der Waals surface area contributed by atoms with E-state index in [9.17, 15) is 18.5 Å². The molecule has 0 N–H and O–H groups in total. The number of nitrogens with zero attached hydrogens (tertiary/aromatic N) is 2. The first kappa shape index (κ1) is 21.3. The van der Waals surface area contributed by atoms with Gasteiger partial charge in [-0.3, -0.25) is 14.4 Å². The van der Waals surface area contributed by atoms with Crippen LogP contribution in [-0.4, -0.2) is 20.5 Å². The third-order valence-electron chi connectivity index (χ3n) is 4.79. The molecule has 3 rings (SSSR count). The van der Waals surface area contributed by atoms with Crippen molar-refractivity contribution in [3.63, 3.8) is 0 Å². The molecule has 0 amide bonds. The minimum absolute atomic E-state index is 0.0237. The Hall–Kier alpha value is -3.39. The van der Waals surface area contributed by atoms with E-state index in [1.807, 2.05) is 19.1 Å². The molecule has 0 saturated heterocycles. The predicted octanol–water partition coefficient (Wildman–Crippen LogP) is 4.87. The van der Waals surface area contributed by atoms with E-state index in [-0.39, 0.29) is 10.6 Å². The third-order valence-corrected chi connectivity index (χ3v) is 6.70. The van der Waals surface area contributed by atoms with Gasteiger partial charge in [0.05, 0.1) is 28.7 Å². The number of benzene rings is 3. The summed E-state index contributed by atoms with van der Waals surface area (Å²) in [5.41, 5.74) is 2.00. The number of ether oxygens (including phenoxy) is 1. The molecule has 0 fully saturated rings. The van der Waals surface area contributed by atoms with E-state index >= 15 is 0 Å². The topological polar surface area (TPSA) is 89.8 Å². The Morgan fingerprint density at radius 1 is 1.00 bits per heavy atom. The molecular weight excluding hydrogens is 404 g/mol. The van der Waals surface area contributed by atoms with Crippen molar-refractivity contribution >= 4 is 21.4 Å². The Morgan fingerprint density at radius 2 is 1.67 bits per heavy atom. The van der Waals surface area contributed by atoms with E-state index in [0.717, 1.165) is 11.1 Å². The van der Waals surface area contributed by atoms with Crippen LogP contribution in [0.5, 0.6) is 5.75 Å². The van der Waals surface area contributed by atoms with Gasteiger partial charge in [0, 0.05) is 12.1 Å². The van der Waals surface area contributed by atoms with Crippen LogP contribution in [0.15, 0.2) is 77.7 Å². The largest absolute Gasteiger partial charge is 0.497 e. The smallest absolute Gasteiger partial charge is 0.269 e. The summed E-state index contributed by atoms with van der Waals surface area (Å²) < 4.78 is 33.9. The second-order valence-electron chi connectivity index (χ2n) is 6.84. The van der Waals surface area contributed by atoms with Crippen LogP contribution in [0, 0.1) is 17.0 Å². The van der Waals surface area contributed by atoms with Crippen molar-refractivity contribution < 1.29 is 18.1 Å². The molecule has 0 spiro atoms. The van der Waals surface area contributed by atoms with Gasteiger partial charge in [-0.05, 0) is 61.4 Å². The zero-order chi connectivity index (χ0) is 21.9. The summed E-state index contributed by atoms with van der Waals surface area (Å²) in [5.74, 6) is 0.622. The van der Waals surface area contributed by atoms with Gasteiger partial charge in [-0.1, -0.05) is 24.3 Å². The highest BCUT2D eigenvalue weighted by Gasteiger charge is 2.31. The molecule has 0 saturated carbocycles. The number of hydrogen-bond acceptors (Lipinski definition) is 5. The number of nitro groups is 1. The molecule has 8 heteroatoms. The molecule has 7 nitrogen and oxygen atoms in total. The fourth-order valence-corrected chi connectivity index (χ4v) is 4.86. The molecule has 0 aromatic heterocycles. The SMILES string of the molecule is COc1cccc([C@H](C)N(c2cccc(C)c2)S(=O)(=O)c2ccc([N+](=O)[O-])cc2)c1. The molecule has 0 aliphatic heterocycles. The lowest BCUT2D eigenvalue weighted by Gasteiger charge is -2.31. The van der Waals surface area contributed by atoms with Gasteiger partial charge in [0.1, 0.15) is 5.75 Å². The van der Waals surface area contributed by atoms with Gasteiger partial charge in [0.15, 0.2) is 0 Å². The standard InChI is InChI=1S/C22H22N2O5S/c1-16-6-4-8-20(14-16)23(17(2)18-7-5-9-21(15-18)29-3)30(27,28)22-12-10-19(11-13-22)24(25)26/h4-15,17H,1-3H3/t17-/m0/s1. The molecule has 0 aliphatic carbocycles. The summed E-state index contributed by atoms with van der Waals surface area (Å²) in [6, 6.07) is 18.8. The van der Waals surface area contributed by atoms with E-state index < -0.39 is 21.0 Å². The molecular formula is C22H22N2O5S. The van der Waals surface area contributed by atoms with Crippen molar-refractivity contribution in [3.8, 4) is 5.75 Å². The summed E-state index contributed by atoms with van der Waals surface area (Å²) in [4.78, 5) is 10.4. The van der Waals surface area contributed by atoms with Crippen molar-refractivity contribution in [2.24, 2.45) is 0 Å². The van der Waals surface area contributed by atoms with E-state index in [1.165, 1.54) is 28.6 Å². The Labute approximate surface area is 175 Å². The van der Waals surface area contributed by atoms with Crippen LogP contribution in [0.25, 0.3) is 0 Å². The maximum absolute atomic E-state index is 13.6. The first-order valence-electron chi connectivity index (χ1n) is 9.23. The predicted molar refractivity (Wildman–Crippen MR) is 115 cm³/mol. The highest BCUT2D eigenvalue weighted by atomic mass is 32.2. The van der Waals surface area contributed by atoms with Crippen LogP contribution >= 0.6 is 0 Å². The van der Waals surface area contributed by atoms with Crippen molar-refractivity contribution in [2.45, 2.75) is 24.8 Å². The minimum atomic E-state index is -4.01. The number of rotatable bonds is 7. The molecule has 3 aromatic rings. The average molecular weight is 426 g/mol. The maximum atomic E-state index is 13.6. The van der Waals surface area contributed by atoms with Crippen LogP contribution in [0.4, 0.5) is 11.4 Å². The normalized spacial score (nSPS) is 12.2. The van der Waals surface area contributed by atoms with Gasteiger partial charge in [0.2, 0.25) is 0 Å². The molecule has 0 aliphatic rings. The molecule has 0 heterocycles. The summed E-state index contributed by atoms with van der Waals surface area (Å²) in [5, 5.41) is 10.9. The van der Waals surface area contributed by atoms with Crippen LogP contribution in [-0.2, 0) is 10.0 Å². The van der Waals surface area contributed by atoms with Crippen LogP contribution in [0.2, 0.25) is 0 Å². The number of nitro benzene ring substituents is 1. The van der Waals surface area contributed by atoms with Gasteiger partial charge in [-0.25, -0.2) is 8.42 Å². The molecule has 156 valence electrons. The second-order valence-corrected chi connectivity index (χ2v) is 8.66. The quantitative estimate of drug-likeness (QED) is 0.397. The average Bonchev–Trinajstić information content (AvgIpc) is 2.73. The monoisotopic (exact) mass is 426 g/mol. The van der Waals surface area contributed by atoms with Gasteiger partial charge in [-0.2, -0.15) is 0 Å². The van der Waals surface area contributed by atoms with Crippen molar-refractivity contribution in [1.82, 2.24) is 0 Å². The van der Waals surface area contributed by atoms with Gasteiger partial charge < -0.3 is 4.74 Å². The lowest BCUT2D eigenvalue weighted by atomic mass is 10.1. The lowest BCUT2D eigenvalue weighted by molar-refractivity contribution is -0.384. The highest BCUT2D eigenvalue weighted by Crippen LogP contribution is 2.35. The number of non-ortho nitro benzene ring substituents is 1. The maximum Gasteiger partial charge on any atom is 0.269 e. The molecule has 1 atom stereocenters.